The normalized spacial score (nSPS) is 11.6. The molecule has 8 nitrogen and oxygen atoms in total. The molecular formula is C24H18F3N7OS. The van der Waals surface area contributed by atoms with E-state index in [2.05, 4.69) is 25.8 Å². The van der Waals surface area contributed by atoms with Crippen LogP contribution in [0.5, 0.6) is 0 Å². The molecule has 5 aromatic rings. The molecule has 0 saturated carbocycles. The molecule has 12 heteroatoms. The van der Waals surface area contributed by atoms with Gasteiger partial charge in [0.25, 0.3) is 0 Å². The van der Waals surface area contributed by atoms with Crippen molar-refractivity contribution in [1.29, 1.82) is 0 Å². The number of para-hydroxylation sites is 2. The van der Waals surface area contributed by atoms with Gasteiger partial charge in [0.1, 0.15) is 12.1 Å². The van der Waals surface area contributed by atoms with Gasteiger partial charge in [-0.15, -0.1) is 15.3 Å². The highest BCUT2D eigenvalue weighted by molar-refractivity contribution is 7.99. The van der Waals surface area contributed by atoms with Gasteiger partial charge < -0.3 is 5.32 Å². The SMILES string of the molecule is O=C(CSc1nnc(Cn2nnc3ccccc32)n1-c1ccccc1)Nc1cccc(C(F)(F)F)c1. The Morgan fingerprint density at radius 2 is 1.69 bits per heavy atom. The number of anilines is 1. The van der Waals surface area contributed by atoms with Crippen molar-refractivity contribution < 1.29 is 18.0 Å². The summed E-state index contributed by atoms with van der Waals surface area (Å²) in [5, 5.41) is 19.9. The topological polar surface area (TPSA) is 90.5 Å². The van der Waals surface area contributed by atoms with Gasteiger partial charge in [0.15, 0.2) is 11.0 Å². The molecular weight excluding hydrogens is 491 g/mol. The third-order valence-electron chi connectivity index (χ3n) is 5.23. The number of carbonyl (C=O) groups is 1. The predicted molar refractivity (Wildman–Crippen MR) is 129 cm³/mol. The number of aromatic nitrogens is 6. The van der Waals surface area contributed by atoms with E-state index >= 15 is 0 Å². The zero-order valence-electron chi connectivity index (χ0n) is 18.6. The first kappa shape index (κ1) is 23.5. The quantitative estimate of drug-likeness (QED) is 0.317. The second-order valence-corrected chi connectivity index (χ2v) is 8.66. The molecule has 0 saturated heterocycles. The summed E-state index contributed by atoms with van der Waals surface area (Å²) >= 11 is 1.13. The van der Waals surface area contributed by atoms with Gasteiger partial charge in [-0.25, -0.2) is 4.68 Å². The molecule has 0 aliphatic carbocycles. The Kier molecular flexibility index (Phi) is 6.42. The van der Waals surface area contributed by atoms with E-state index in [4.69, 9.17) is 0 Å². The molecule has 0 radical (unpaired) electrons. The summed E-state index contributed by atoms with van der Waals surface area (Å²) < 4.78 is 42.4. The van der Waals surface area contributed by atoms with Crippen molar-refractivity contribution in [1.82, 2.24) is 29.8 Å². The van der Waals surface area contributed by atoms with Gasteiger partial charge >= 0.3 is 6.18 Å². The first-order valence-corrected chi connectivity index (χ1v) is 11.7. The fourth-order valence-electron chi connectivity index (χ4n) is 3.60. The number of hydrogen-bond acceptors (Lipinski definition) is 6. The van der Waals surface area contributed by atoms with E-state index in [1.165, 1.54) is 12.1 Å². The Hall–Kier alpha value is -4.19. The molecule has 0 aliphatic heterocycles. The molecule has 0 aliphatic rings. The lowest BCUT2D eigenvalue weighted by Gasteiger charge is -2.11. The Bertz CT molecular complexity index is 1520. The maximum atomic E-state index is 13.0. The summed E-state index contributed by atoms with van der Waals surface area (Å²) in [4.78, 5) is 12.5. The Morgan fingerprint density at radius 1 is 0.917 bits per heavy atom. The zero-order chi connectivity index (χ0) is 25.1. The van der Waals surface area contributed by atoms with E-state index in [9.17, 15) is 18.0 Å². The summed E-state index contributed by atoms with van der Waals surface area (Å²) in [5.74, 6) is 0.0383. The van der Waals surface area contributed by atoms with Crippen molar-refractivity contribution in [2.24, 2.45) is 0 Å². The molecule has 0 fully saturated rings. The lowest BCUT2D eigenvalue weighted by molar-refractivity contribution is -0.137. The zero-order valence-corrected chi connectivity index (χ0v) is 19.4. The minimum Gasteiger partial charge on any atom is -0.325 e. The maximum Gasteiger partial charge on any atom is 0.416 e. The molecule has 1 N–H and O–H groups in total. The summed E-state index contributed by atoms with van der Waals surface area (Å²) in [6.07, 6.45) is -4.49. The number of nitrogens with one attached hydrogen (secondary N) is 1. The third-order valence-corrected chi connectivity index (χ3v) is 6.16. The molecule has 2 aromatic heterocycles. The molecule has 2 heterocycles. The standard InChI is InChI=1S/C24H18F3N7OS/c25-24(26,27)16-7-6-8-17(13-16)28-22(35)15-36-23-31-30-21(34(23)18-9-2-1-3-10-18)14-33-20-12-5-4-11-19(20)29-32-33/h1-13H,14-15H2,(H,28,35). The van der Waals surface area contributed by atoms with Crippen LogP contribution in [0.3, 0.4) is 0 Å². The summed E-state index contributed by atoms with van der Waals surface area (Å²) in [6, 6.07) is 21.5. The van der Waals surface area contributed by atoms with Gasteiger partial charge in [0.2, 0.25) is 5.91 Å². The van der Waals surface area contributed by atoms with Crippen LogP contribution < -0.4 is 5.32 Å². The van der Waals surface area contributed by atoms with E-state index in [1.807, 2.05) is 59.2 Å². The van der Waals surface area contributed by atoms with Crippen LogP contribution in [-0.4, -0.2) is 41.4 Å². The number of alkyl halides is 3. The molecule has 0 unspecified atom stereocenters. The lowest BCUT2D eigenvalue weighted by atomic mass is 10.2. The highest BCUT2D eigenvalue weighted by atomic mass is 32.2. The first-order valence-electron chi connectivity index (χ1n) is 10.8. The Labute approximate surface area is 207 Å². The minimum absolute atomic E-state index is 0.0682. The average molecular weight is 510 g/mol. The van der Waals surface area contributed by atoms with E-state index in [0.29, 0.717) is 17.5 Å². The van der Waals surface area contributed by atoms with E-state index < -0.39 is 17.6 Å². The molecule has 5 rings (SSSR count). The largest absolute Gasteiger partial charge is 0.416 e. The Morgan fingerprint density at radius 3 is 2.50 bits per heavy atom. The minimum atomic E-state index is -4.49. The first-order chi connectivity index (χ1) is 17.4. The number of halogens is 3. The van der Waals surface area contributed by atoms with Crippen molar-refractivity contribution in [3.63, 3.8) is 0 Å². The molecule has 0 atom stereocenters. The highest BCUT2D eigenvalue weighted by Crippen LogP contribution is 2.31. The number of nitrogens with zero attached hydrogens (tertiary/aromatic N) is 6. The van der Waals surface area contributed by atoms with Crippen molar-refractivity contribution in [3.05, 3.63) is 90.3 Å². The van der Waals surface area contributed by atoms with Gasteiger partial charge in [0.05, 0.1) is 16.8 Å². The highest BCUT2D eigenvalue weighted by Gasteiger charge is 2.30. The second kappa shape index (κ2) is 9.82. The molecule has 0 bridgehead atoms. The number of rotatable bonds is 7. The smallest absolute Gasteiger partial charge is 0.325 e. The van der Waals surface area contributed by atoms with Gasteiger partial charge in [-0.1, -0.05) is 53.4 Å². The van der Waals surface area contributed by atoms with Crippen LogP contribution in [0.15, 0.2) is 84.0 Å². The molecule has 182 valence electrons. The van der Waals surface area contributed by atoms with Crippen molar-refractivity contribution in [2.45, 2.75) is 17.9 Å². The summed E-state index contributed by atoms with van der Waals surface area (Å²) in [6.45, 7) is 0.291. The number of hydrogen-bond donors (Lipinski definition) is 1. The van der Waals surface area contributed by atoms with Crippen LogP contribution in [0, 0.1) is 0 Å². The molecule has 0 spiro atoms. The van der Waals surface area contributed by atoms with E-state index in [-0.39, 0.29) is 11.4 Å². The van der Waals surface area contributed by atoms with Gasteiger partial charge in [0, 0.05) is 11.4 Å². The van der Waals surface area contributed by atoms with E-state index in [1.54, 1.807) is 4.68 Å². The maximum absolute atomic E-state index is 13.0. The summed E-state index contributed by atoms with van der Waals surface area (Å²) in [5.41, 5.74) is 1.63. The lowest BCUT2D eigenvalue weighted by Crippen LogP contribution is -2.15. The number of thioether (sulfide) groups is 1. The van der Waals surface area contributed by atoms with Crippen molar-refractivity contribution in [2.75, 3.05) is 11.1 Å². The van der Waals surface area contributed by atoms with E-state index in [0.717, 1.165) is 40.6 Å². The van der Waals surface area contributed by atoms with Crippen LogP contribution in [-0.2, 0) is 17.5 Å². The predicted octanol–water partition coefficient (Wildman–Crippen LogP) is 4.81. The molecule has 3 aromatic carbocycles. The van der Waals surface area contributed by atoms with Crippen LogP contribution in [0.1, 0.15) is 11.4 Å². The fraction of sp³-hybridized carbons (Fsp3) is 0.125. The third kappa shape index (κ3) is 5.08. The Balaban J connectivity index is 1.36. The number of amides is 1. The molecule has 1 amide bonds. The number of fused-ring (bicyclic) bond motifs is 1. The van der Waals surface area contributed by atoms with Crippen LogP contribution in [0.25, 0.3) is 16.7 Å². The second-order valence-electron chi connectivity index (χ2n) is 7.72. The van der Waals surface area contributed by atoms with Crippen LogP contribution in [0.2, 0.25) is 0 Å². The average Bonchev–Trinajstić information content (AvgIpc) is 3.47. The molecule has 36 heavy (non-hydrogen) atoms. The van der Waals surface area contributed by atoms with Crippen LogP contribution >= 0.6 is 11.8 Å². The van der Waals surface area contributed by atoms with Gasteiger partial charge in [-0.2, -0.15) is 13.2 Å². The fourth-order valence-corrected chi connectivity index (χ4v) is 4.37. The number of carbonyl (C=O) groups excluding carboxylic acids is 1. The summed E-state index contributed by atoms with van der Waals surface area (Å²) in [7, 11) is 0. The number of benzene rings is 3. The van der Waals surface area contributed by atoms with Gasteiger partial charge in [-0.05, 0) is 42.5 Å². The van der Waals surface area contributed by atoms with Crippen LogP contribution in [0.4, 0.5) is 18.9 Å². The van der Waals surface area contributed by atoms with Crippen molar-refractivity contribution >= 4 is 34.4 Å². The van der Waals surface area contributed by atoms with Gasteiger partial charge in [-0.3, -0.25) is 9.36 Å². The van der Waals surface area contributed by atoms with Crippen molar-refractivity contribution in [3.8, 4) is 5.69 Å². The monoisotopic (exact) mass is 509 g/mol.